The number of hydrogen-bond donors (Lipinski definition) is 1. The van der Waals surface area contributed by atoms with Gasteiger partial charge >= 0.3 is 0 Å². The molecule has 1 saturated heterocycles. The molecule has 6 heteroatoms. The number of benzene rings is 2. The third kappa shape index (κ3) is 3.84. The van der Waals surface area contributed by atoms with Crippen LogP contribution in [0.15, 0.2) is 48.5 Å². The van der Waals surface area contributed by atoms with E-state index in [0.29, 0.717) is 22.7 Å². The Morgan fingerprint density at radius 2 is 1.64 bits per heavy atom. The lowest BCUT2D eigenvalue weighted by Gasteiger charge is -2.36. The maximum atomic E-state index is 12.5. The molecule has 2 fully saturated rings. The molecule has 0 aromatic heterocycles. The van der Waals surface area contributed by atoms with E-state index in [1.54, 1.807) is 36.4 Å². The van der Waals surface area contributed by atoms with Crippen LogP contribution < -0.4 is 10.2 Å². The lowest BCUT2D eigenvalue weighted by atomic mass is 10.1. The summed E-state index contributed by atoms with van der Waals surface area (Å²) in [6.07, 6.45) is 2.09. The van der Waals surface area contributed by atoms with Crippen LogP contribution in [-0.4, -0.2) is 42.9 Å². The Morgan fingerprint density at radius 1 is 0.964 bits per heavy atom. The van der Waals surface area contributed by atoms with Gasteiger partial charge in [-0.05, 0) is 49.2 Å². The molecule has 6 nitrogen and oxygen atoms in total. The lowest BCUT2D eigenvalue weighted by molar-refractivity contribution is -0.132. The van der Waals surface area contributed by atoms with E-state index in [1.807, 2.05) is 17.0 Å². The van der Waals surface area contributed by atoms with Crippen LogP contribution in [0, 0.1) is 17.2 Å². The summed E-state index contributed by atoms with van der Waals surface area (Å²) >= 11 is 0. The quantitative estimate of drug-likeness (QED) is 0.893. The molecule has 0 spiro atoms. The van der Waals surface area contributed by atoms with Gasteiger partial charge in [0.15, 0.2) is 0 Å². The van der Waals surface area contributed by atoms with Crippen LogP contribution in [0.3, 0.4) is 0 Å². The number of hydrogen-bond acceptors (Lipinski definition) is 4. The summed E-state index contributed by atoms with van der Waals surface area (Å²) < 4.78 is 0. The van der Waals surface area contributed by atoms with Crippen LogP contribution in [-0.2, 0) is 4.79 Å². The van der Waals surface area contributed by atoms with Crippen molar-refractivity contribution in [2.24, 2.45) is 5.92 Å². The zero-order valence-electron chi connectivity index (χ0n) is 15.6. The third-order valence-corrected chi connectivity index (χ3v) is 5.31. The molecule has 4 rings (SSSR count). The molecule has 2 amide bonds. The zero-order chi connectivity index (χ0) is 19.5. The van der Waals surface area contributed by atoms with E-state index in [2.05, 4.69) is 16.3 Å². The second-order valence-electron chi connectivity index (χ2n) is 7.24. The van der Waals surface area contributed by atoms with Crippen LogP contribution in [0.2, 0.25) is 0 Å². The highest BCUT2D eigenvalue weighted by Crippen LogP contribution is 2.31. The minimum Gasteiger partial charge on any atom is -0.368 e. The van der Waals surface area contributed by atoms with Crippen molar-refractivity contribution in [3.8, 4) is 6.07 Å². The van der Waals surface area contributed by atoms with Crippen molar-refractivity contribution in [2.75, 3.05) is 36.4 Å². The molecular formula is C22H22N4O2. The van der Waals surface area contributed by atoms with E-state index in [9.17, 15) is 9.59 Å². The Bertz CT molecular complexity index is 920. The minimum atomic E-state index is -0.242. The summed E-state index contributed by atoms with van der Waals surface area (Å²) in [5.74, 6) is 0.342. The van der Waals surface area contributed by atoms with Gasteiger partial charge in [0.2, 0.25) is 5.91 Å². The number of piperazine rings is 1. The Balaban J connectivity index is 1.37. The van der Waals surface area contributed by atoms with Crippen molar-refractivity contribution in [3.63, 3.8) is 0 Å². The van der Waals surface area contributed by atoms with E-state index in [4.69, 9.17) is 5.26 Å². The number of nitrogens with zero attached hydrogens (tertiary/aromatic N) is 3. The fraction of sp³-hybridized carbons (Fsp3) is 0.318. The Kier molecular flexibility index (Phi) is 4.98. The normalized spacial score (nSPS) is 16.4. The van der Waals surface area contributed by atoms with E-state index >= 15 is 0 Å². The largest absolute Gasteiger partial charge is 0.368 e. The summed E-state index contributed by atoms with van der Waals surface area (Å²) in [7, 11) is 0. The predicted molar refractivity (Wildman–Crippen MR) is 107 cm³/mol. The molecule has 0 unspecified atom stereocenters. The van der Waals surface area contributed by atoms with Gasteiger partial charge in [0, 0.05) is 43.3 Å². The molecule has 0 atom stereocenters. The molecule has 1 N–H and O–H groups in total. The van der Waals surface area contributed by atoms with Gasteiger partial charge in [-0.25, -0.2) is 0 Å². The number of carbonyl (C=O) groups excluding carboxylic acids is 2. The van der Waals surface area contributed by atoms with Crippen molar-refractivity contribution in [1.29, 1.82) is 5.26 Å². The first-order valence-corrected chi connectivity index (χ1v) is 9.60. The second-order valence-corrected chi connectivity index (χ2v) is 7.24. The average Bonchev–Trinajstić information content (AvgIpc) is 3.59. The second kappa shape index (κ2) is 7.73. The molecule has 0 radical (unpaired) electrons. The molecule has 2 aromatic carbocycles. The van der Waals surface area contributed by atoms with Gasteiger partial charge in [-0.3, -0.25) is 9.59 Å². The number of carbonyl (C=O) groups is 2. The third-order valence-electron chi connectivity index (χ3n) is 5.31. The van der Waals surface area contributed by atoms with Crippen molar-refractivity contribution in [2.45, 2.75) is 12.8 Å². The first kappa shape index (κ1) is 18.1. The zero-order valence-corrected chi connectivity index (χ0v) is 15.6. The number of para-hydroxylation sites is 1. The van der Waals surface area contributed by atoms with Gasteiger partial charge in [0.25, 0.3) is 5.91 Å². The first-order chi connectivity index (χ1) is 13.7. The molecule has 28 heavy (non-hydrogen) atoms. The highest BCUT2D eigenvalue weighted by Gasteiger charge is 2.34. The number of nitriles is 1. The standard InChI is InChI=1S/C22H22N4O2/c23-15-18-3-1-2-4-20(18)24-21(27)16-7-9-19(10-8-16)25-11-13-26(14-12-25)22(28)17-5-6-17/h1-4,7-10,17H,5-6,11-14H2,(H,24,27). The summed E-state index contributed by atoms with van der Waals surface area (Å²) in [5.41, 5.74) is 2.54. The summed E-state index contributed by atoms with van der Waals surface area (Å²) in [6, 6.07) is 16.5. The molecule has 1 aliphatic heterocycles. The van der Waals surface area contributed by atoms with Crippen molar-refractivity contribution < 1.29 is 9.59 Å². The molecule has 1 saturated carbocycles. The monoisotopic (exact) mass is 374 g/mol. The maximum absolute atomic E-state index is 12.5. The lowest BCUT2D eigenvalue weighted by Crippen LogP contribution is -2.49. The number of nitrogens with one attached hydrogen (secondary N) is 1. The highest BCUT2D eigenvalue weighted by atomic mass is 16.2. The number of anilines is 2. The Labute approximate surface area is 164 Å². The van der Waals surface area contributed by atoms with E-state index in [1.165, 1.54) is 0 Å². The van der Waals surface area contributed by atoms with Gasteiger partial charge in [0.1, 0.15) is 6.07 Å². The molecule has 1 aliphatic carbocycles. The fourth-order valence-corrected chi connectivity index (χ4v) is 3.48. The van der Waals surface area contributed by atoms with Crippen LogP contribution in [0.1, 0.15) is 28.8 Å². The SMILES string of the molecule is N#Cc1ccccc1NC(=O)c1ccc(N2CCN(C(=O)C3CC3)CC2)cc1. The molecule has 1 heterocycles. The van der Waals surface area contributed by atoms with Crippen molar-refractivity contribution in [1.82, 2.24) is 4.90 Å². The predicted octanol–water partition coefficient (Wildman–Crippen LogP) is 2.87. The van der Waals surface area contributed by atoms with E-state index in [-0.39, 0.29) is 11.8 Å². The van der Waals surface area contributed by atoms with Gasteiger partial charge in [0.05, 0.1) is 11.3 Å². The van der Waals surface area contributed by atoms with E-state index < -0.39 is 0 Å². The minimum absolute atomic E-state index is 0.242. The van der Waals surface area contributed by atoms with Crippen LogP contribution in [0.25, 0.3) is 0 Å². The smallest absolute Gasteiger partial charge is 0.255 e. The molecule has 2 aliphatic rings. The molecule has 2 aromatic rings. The van der Waals surface area contributed by atoms with Crippen molar-refractivity contribution >= 4 is 23.2 Å². The summed E-state index contributed by atoms with van der Waals surface area (Å²) in [5, 5.41) is 11.9. The van der Waals surface area contributed by atoms with Gasteiger partial charge < -0.3 is 15.1 Å². The molecule has 0 bridgehead atoms. The highest BCUT2D eigenvalue weighted by molar-refractivity contribution is 6.05. The van der Waals surface area contributed by atoms with Crippen LogP contribution in [0.4, 0.5) is 11.4 Å². The van der Waals surface area contributed by atoms with Gasteiger partial charge in [-0.15, -0.1) is 0 Å². The van der Waals surface area contributed by atoms with Crippen LogP contribution in [0.5, 0.6) is 0 Å². The maximum Gasteiger partial charge on any atom is 0.255 e. The molecule has 142 valence electrons. The van der Waals surface area contributed by atoms with Crippen molar-refractivity contribution in [3.05, 3.63) is 59.7 Å². The summed E-state index contributed by atoms with van der Waals surface area (Å²) in [4.78, 5) is 28.9. The van der Waals surface area contributed by atoms with Gasteiger partial charge in [-0.1, -0.05) is 12.1 Å². The first-order valence-electron chi connectivity index (χ1n) is 9.60. The van der Waals surface area contributed by atoms with Gasteiger partial charge in [-0.2, -0.15) is 5.26 Å². The van der Waals surface area contributed by atoms with E-state index in [0.717, 1.165) is 44.7 Å². The number of rotatable bonds is 4. The molecular weight excluding hydrogens is 352 g/mol. The Morgan fingerprint density at radius 3 is 2.29 bits per heavy atom. The fourth-order valence-electron chi connectivity index (χ4n) is 3.48. The summed E-state index contributed by atoms with van der Waals surface area (Å²) in [6.45, 7) is 3.12. The average molecular weight is 374 g/mol. The Hall–Kier alpha value is -3.33. The number of amides is 2. The van der Waals surface area contributed by atoms with Crippen LogP contribution >= 0.6 is 0 Å². The topological polar surface area (TPSA) is 76.4 Å².